The fourth-order valence-corrected chi connectivity index (χ4v) is 5.26. The number of nitrogens with one attached hydrogen (secondary N) is 3. The van der Waals surface area contributed by atoms with E-state index < -0.39 is 5.82 Å². The van der Waals surface area contributed by atoms with Crippen molar-refractivity contribution in [1.82, 2.24) is 20.8 Å². The lowest BCUT2D eigenvalue weighted by Gasteiger charge is -2.48. The van der Waals surface area contributed by atoms with Crippen molar-refractivity contribution in [1.29, 1.82) is 0 Å². The second kappa shape index (κ2) is 8.63. The number of halogens is 3. The molecular weight excluding hydrogens is 486 g/mol. The molecule has 2 bridgehead atoms. The molecule has 8 nitrogen and oxygen atoms in total. The smallest absolute Gasteiger partial charge is 0.258 e. The Hall–Kier alpha value is -3.04. The summed E-state index contributed by atoms with van der Waals surface area (Å²) in [7, 11) is 0. The van der Waals surface area contributed by atoms with Gasteiger partial charge in [0.25, 0.3) is 11.8 Å². The van der Waals surface area contributed by atoms with Crippen molar-refractivity contribution < 1.29 is 23.5 Å². The van der Waals surface area contributed by atoms with Gasteiger partial charge in [-0.1, -0.05) is 23.2 Å². The molecule has 0 atom stereocenters. The van der Waals surface area contributed by atoms with Crippen molar-refractivity contribution in [3.8, 4) is 11.5 Å². The Morgan fingerprint density at radius 2 is 1.62 bits per heavy atom. The molecular formula is C23H21Cl2FN4O4. The number of nitrogens with zero attached hydrogens (tertiary/aromatic N) is 1. The summed E-state index contributed by atoms with van der Waals surface area (Å²) in [5.41, 5.74) is -0.217. The summed E-state index contributed by atoms with van der Waals surface area (Å²) in [6.07, 6.45) is 4.18. The molecule has 0 spiro atoms. The Morgan fingerprint density at radius 1 is 0.971 bits per heavy atom. The molecule has 3 aliphatic carbocycles. The van der Waals surface area contributed by atoms with Gasteiger partial charge >= 0.3 is 0 Å². The van der Waals surface area contributed by atoms with E-state index in [0.29, 0.717) is 39.5 Å². The van der Waals surface area contributed by atoms with E-state index in [2.05, 4.69) is 20.8 Å². The summed E-state index contributed by atoms with van der Waals surface area (Å²) in [6, 6.07) is 7.62. The Balaban J connectivity index is 1.08. The summed E-state index contributed by atoms with van der Waals surface area (Å²) in [5.74, 6) is -0.318. The summed E-state index contributed by atoms with van der Waals surface area (Å²) in [4.78, 5) is 24.9. The number of aromatic amines is 1. The van der Waals surface area contributed by atoms with Gasteiger partial charge in [-0.3, -0.25) is 14.7 Å². The molecule has 0 radical (unpaired) electrons. The fraction of sp³-hybridized carbons (Fsp3) is 0.348. The number of rotatable bonds is 8. The molecule has 6 rings (SSSR count). The van der Waals surface area contributed by atoms with Crippen LogP contribution in [0.4, 0.5) is 4.39 Å². The minimum atomic E-state index is -0.473. The van der Waals surface area contributed by atoms with Crippen molar-refractivity contribution in [2.75, 3.05) is 13.2 Å². The van der Waals surface area contributed by atoms with Crippen LogP contribution in [0.5, 0.6) is 11.5 Å². The number of hydrogen-bond donors (Lipinski definition) is 3. The van der Waals surface area contributed by atoms with Gasteiger partial charge in [-0.25, -0.2) is 4.39 Å². The zero-order chi connectivity index (χ0) is 23.9. The van der Waals surface area contributed by atoms with Crippen LogP contribution in [0.1, 0.15) is 25.7 Å². The fourth-order valence-electron chi connectivity index (χ4n) is 4.97. The van der Waals surface area contributed by atoms with Crippen LogP contribution in [0.3, 0.4) is 0 Å². The maximum Gasteiger partial charge on any atom is 0.258 e. The number of amides is 2. The Bertz CT molecular complexity index is 1280. The zero-order valence-electron chi connectivity index (χ0n) is 17.9. The third-order valence-electron chi connectivity index (χ3n) is 6.36. The number of ether oxygens (including phenoxy) is 2. The third-order valence-corrected chi connectivity index (χ3v) is 7.10. The molecule has 0 aliphatic heterocycles. The first-order valence-corrected chi connectivity index (χ1v) is 11.5. The molecule has 11 heteroatoms. The quantitative estimate of drug-likeness (QED) is 0.431. The van der Waals surface area contributed by atoms with Crippen molar-refractivity contribution in [2.45, 2.75) is 36.8 Å². The second-order valence-electron chi connectivity index (χ2n) is 8.90. The number of benzene rings is 2. The maximum absolute atomic E-state index is 14.0. The normalized spacial score (nSPS) is 22.8. The lowest BCUT2D eigenvalue weighted by atomic mass is 9.71. The van der Waals surface area contributed by atoms with Crippen LogP contribution >= 0.6 is 23.2 Å². The monoisotopic (exact) mass is 506 g/mol. The lowest BCUT2D eigenvalue weighted by molar-refractivity contribution is -0.128. The van der Waals surface area contributed by atoms with E-state index in [0.717, 1.165) is 12.8 Å². The standard InChI is InChI=1S/C23H21Cl2FN4O4/c24-16-2-1-13(5-17(16)25)33-9-20(31)28-22-3-4-23(11-22,12-22)29-21(32)10-34-14-6-18(26)15-8-27-30-19(15)7-14/h1-2,5-8H,3-4,9-12H2,(H,27,30)(H,28,31)(H,29,32). The van der Waals surface area contributed by atoms with E-state index >= 15 is 0 Å². The number of carbonyl (C=O) groups is 2. The number of aromatic nitrogens is 2. The SMILES string of the molecule is O=C(COc1ccc(Cl)c(Cl)c1)NC12CCC(NC(=O)COc3cc(F)c4cn[nH]c4c3)(C1)C2. The van der Waals surface area contributed by atoms with Gasteiger partial charge in [-0.2, -0.15) is 5.10 Å². The highest BCUT2D eigenvalue weighted by Gasteiger charge is 2.62. The van der Waals surface area contributed by atoms with E-state index in [1.807, 2.05) is 0 Å². The molecule has 1 heterocycles. The Kier molecular flexibility index (Phi) is 5.77. The molecule has 178 valence electrons. The molecule has 3 aliphatic rings. The topological polar surface area (TPSA) is 105 Å². The van der Waals surface area contributed by atoms with Crippen molar-refractivity contribution in [3.63, 3.8) is 0 Å². The Morgan fingerprint density at radius 3 is 2.26 bits per heavy atom. The van der Waals surface area contributed by atoms with E-state index in [4.69, 9.17) is 32.7 Å². The third kappa shape index (κ3) is 4.50. The predicted molar refractivity (Wildman–Crippen MR) is 124 cm³/mol. The van der Waals surface area contributed by atoms with Gasteiger partial charge in [0.05, 0.1) is 27.1 Å². The highest BCUT2D eigenvalue weighted by molar-refractivity contribution is 6.42. The predicted octanol–water partition coefficient (Wildman–Crippen LogP) is 3.76. The minimum Gasteiger partial charge on any atom is -0.484 e. The van der Waals surface area contributed by atoms with Crippen LogP contribution in [-0.4, -0.2) is 46.3 Å². The average Bonchev–Trinajstić information content (AvgIpc) is 3.47. The van der Waals surface area contributed by atoms with Crippen LogP contribution < -0.4 is 20.1 Å². The van der Waals surface area contributed by atoms with Gasteiger partial charge in [0.1, 0.15) is 17.3 Å². The molecule has 3 saturated carbocycles. The van der Waals surface area contributed by atoms with Crippen molar-refractivity contribution in [2.24, 2.45) is 0 Å². The van der Waals surface area contributed by atoms with Gasteiger partial charge < -0.3 is 20.1 Å². The molecule has 3 N–H and O–H groups in total. The highest BCUT2D eigenvalue weighted by atomic mass is 35.5. The molecule has 2 aromatic carbocycles. The van der Waals surface area contributed by atoms with E-state index in [-0.39, 0.29) is 41.9 Å². The van der Waals surface area contributed by atoms with Gasteiger partial charge in [0.2, 0.25) is 0 Å². The first kappa shape index (κ1) is 22.7. The summed E-state index contributed by atoms with van der Waals surface area (Å²) < 4.78 is 25.0. The number of hydrogen-bond acceptors (Lipinski definition) is 5. The van der Waals surface area contributed by atoms with Gasteiger partial charge in [0.15, 0.2) is 13.2 Å². The first-order chi connectivity index (χ1) is 16.2. The van der Waals surface area contributed by atoms with Crippen LogP contribution in [0.2, 0.25) is 10.0 Å². The van der Waals surface area contributed by atoms with Gasteiger partial charge in [0, 0.05) is 29.3 Å². The largest absolute Gasteiger partial charge is 0.484 e. The maximum atomic E-state index is 14.0. The number of H-pyrrole nitrogens is 1. The second-order valence-corrected chi connectivity index (χ2v) is 9.71. The number of fused-ring (bicyclic) bond motifs is 2. The molecule has 34 heavy (non-hydrogen) atoms. The summed E-state index contributed by atoms with van der Waals surface area (Å²) in [5, 5.41) is 13.6. The minimum absolute atomic E-state index is 0.149. The highest BCUT2D eigenvalue weighted by Crippen LogP contribution is 2.55. The van der Waals surface area contributed by atoms with E-state index in [1.165, 1.54) is 12.3 Å². The first-order valence-electron chi connectivity index (χ1n) is 10.7. The molecule has 0 unspecified atom stereocenters. The number of carbonyl (C=O) groups excluding carboxylic acids is 2. The molecule has 2 amide bonds. The van der Waals surface area contributed by atoms with Crippen LogP contribution in [0, 0.1) is 5.82 Å². The summed E-state index contributed by atoms with van der Waals surface area (Å²) >= 11 is 11.8. The van der Waals surface area contributed by atoms with Gasteiger partial charge in [-0.05, 0) is 37.8 Å². The summed E-state index contributed by atoms with van der Waals surface area (Å²) in [6.45, 7) is -0.387. The molecule has 0 saturated heterocycles. The van der Waals surface area contributed by atoms with Crippen molar-refractivity contribution >= 4 is 45.9 Å². The Labute approximate surface area is 204 Å². The van der Waals surface area contributed by atoms with Crippen LogP contribution in [-0.2, 0) is 9.59 Å². The van der Waals surface area contributed by atoms with Crippen LogP contribution in [0.15, 0.2) is 36.5 Å². The van der Waals surface area contributed by atoms with Crippen LogP contribution in [0.25, 0.3) is 10.9 Å². The lowest BCUT2D eigenvalue weighted by Crippen LogP contribution is -2.65. The van der Waals surface area contributed by atoms with E-state index in [1.54, 1.807) is 24.3 Å². The molecule has 3 fully saturated rings. The molecule has 3 aromatic rings. The molecule has 1 aromatic heterocycles. The van der Waals surface area contributed by atoms with Crippen molar-refractivity contribution in [3.05, 3.63) is 52.4 Å². The van der Waals surface area contributed by atoms with E-state index in [9.17, 15) is 14.0 Å². The average molecular weight is 507 g/mol. The zero-order valence-corrected chi connectivity index (χ0v) is 19.4. The van der Waals surface area contributed by atoms with Gasteiger partial charge in [-0.15, -0.1) is 0 Å².